The van der Waals surface area contributed by atoms with E-state index < -0.39 is 0 Å². The highest BCUT2D eigenvalue weighted by molar-refractivity contribution is 5.46. The molecule has 2 aromatic rings. The minimum absolute atomic E-state index is 0.590. The minimum Gasteiger partial charge on any atom is -0.381 e. The fourth-order valence-electron chi connectivity index (χ4n) is 3.79. The first-order valence-electron chi connectivity index (χ1n) is 8.78. The smallest absolute Gasteiger partial charge is 0.105 e. The molecular formula is C19H26N4. The molecule has 1 aromatic heterocycles. The monoisotopic (exact) mass is 310 g/mol. The maximum atomic E-state index is 4.28. The van der Waals surface area contributed by atoms with E-state index in [-0.39, 0.29) is 0 Å². The van der Waals surface area contributed by atoms with Gasteiger partial charge in [0.1, 0.15) is 5.82 Å². The lowest BCUT2D eigenvalue weighted by Gasteiger charge is -2.20. The molecule has 0 amide bonds. The van der Waals surface area contributed by atoms with Crippen molar-refractivity contribution in [3.8, 4) is 0 Å². The lowest BCUT2D eigenvalue weighted by Crippen LogP contribution is -2.30. The average Bonchev–Trinajstić information content (AvgIpc) is 3.21. The van der Waals surface area contributed by atoms with Crippen molar-refractivity contribution >= 4 is 5.69 Å². The summed E-state index contributed by atoms with van der Waals surface area (Å²) < 4.78 is 2.18. The zero-order chi connectivity index (χ0) is 15.8. The fraction of sp³-hybridized carbons (Fsp3) is 0.526. The Morgan fingerprint density at radius 3 is 2.65 bits per heavy atom. The average molecular weight is 310 g/mol. The zero-order valence-electron chi connectivity index (χ0n) is 14.1. The standard InChI is InChI=1S/C19H26N4/c1-14-11-18(13-23(14)19-7-8-19)21-17-5-3-16(4-6-17)12-22-10-9-20-15(22)2/h3-6,9-10,14,18-19,21H,7-8,11-13H2,1-2H3. The van der Waals surface area contributed by atoms with E-state index in [0.717, 1.165) is 24.5 Å². The number of likely N-dealkylation sites (tertiary alicyclic amines) is 1. The highest BCUT2D eigenvalue weighted by Gasteiger charge is 2.38. The molecule has 0 bridgehead atoms. The summed E-state index contributed by atoms with van der Waals surface area (Å²) in [6.07, 6.45) is 7.96. The van der Waals surface area contributed by atoms with Crippen LogP contribution in [0.25, 0.3) is 0 Å². The van der Waals surface area contributed by atoms with Crippen molar-refractivity contribution in [2.45, 2.75) is 57.8 Å². The van der Waals surface area contributed by atoms with Crippen LogP contribution in [0.15, 0.2) is 36.7 Å². The van der Waals surface area contributed by atoms with E-state index in [2.05, 4.69) is 51.0 Å². The Morgan fingerprint density at radius 1 is 1.22 bits per heavy atom. The molecule has 1 saturated heterocycles. The molecule has 23 heavy (non-hydrogen) atoms. The lowest BCUT2D eigenvalue weighted by atomic mass is 10.1. The first kappa shape index (κ1) is 14.8. The Balaban J connectivity index is 1.36. The number of hydrogen-bond donors (Lipinski definition) is 1. The van der Waals surface area contributed by atoms with Gasteiger partial charge in [-0.1, -0.05) is 12.1 Å². The van der Waals surface area contributed by atoms with Crippen LogP contribution in [-0.2, 0) is 6.54 Å². The maximum Gasteiger partial charge on any atom is 0.105 e. The molecule has 1 N–H and O–H groups in total. The molecule has 2 fully saturated rings. The molecule has 1 aliphatic carbocycles. The van der Waals surface area contributed by atoms with Crippen molar-refractivity contribution < 1.29 is 0 Å². The molecule has 1 aromatic carbocycles. The summed E-state index contributed by atoms with van der Waals surface area (Å²) in [5, 5.41) is 3.72. The Kier molecular flexibility index (Phi) is 3.85. The van der Waals surface area contributed by atoms with Crippen LogP contribution in [0.3, 0.4) is 0 Å². The van der Waals surface area contributed by atoms with Crippen molar-refractivity contribution in [3.05, 3.63) is 48.0 Å². The Morgan fingerprint density at radius 2 is 2.00 bits per heavy atom. The Hall–Kier alpha value is -1.81. The van der Waals surface area contributed by atoms with Gasteiger partial charge in [0.15, 0.2) is 0 Å². The summed E-state index contributed by atoms with van der Waals surface area (Å²) in [5.74, 6) is 1.06. The van der Waals surface area contributed by atoms with Crippen LogP contribution in [0.1, 0.15) is 37.6 Å². The van der Waals surface area contributed by atoms with E-state index in [9.17, 15) is 0 Å². The predicted octanol–water partition coefficient (Wildman–Crippen LogP) is 3.28. The van der Waals surface area contributed by atoms with E-state index in [1.165, 1.54) is 37.1 Å². The normalized spacial score (nSPS) is 25.0. The first-order chi connectivity index (χ1) is 11.2. The van der Waals surface area contributed by atoms with E-state index >= 15 is 0 Å². The molecule has 4 rings (SSSR count). The van der Waals surface area contributed by atoms with Crippen molar-refractivity contribution in [1.29, 1.82) is 0 Å². The van der Waals surface area contributed by atoms with Gasteiger partial charge in [0.25, 0.3) is 0 Å². The molecule has 2 unspecified atom stereocenters. The third kappa shape index (κ3) is 3.27. The fourth-order valence-corrected chi connectivity index (χ4v) is 3.79. The van der Waals surface area contributed by atoms with Crippen molar-refractivity contribution in [2.24, 2.45) is 0 Å². The van der Waals surface area contributed by atoms with Crippen LogP contribution in [0.2, 0.25) is 0 Å². The summed E-state index contributed by atoms with van der Waals surface area (Å²) in [7, 11) is 0. The van der Waals surface area contributed by atoms with Gasteiger partial charge in [-0.25, -0.2) is 4.98 Å². The van der Waals surface area contributed by atoms with Crippen molar-refractivity contribution in [1.82, 2.24) is 14.5 Å². The predicted molar refractivity (Wildman–Crippen MR) is 93.7 cm³/mol. The highest BCUT2D eigenvalue weighted by Crippen LogP contribution is 2.34. The largest absolute Gasteiger partial charge is 0.381 e. The van der Waals surface area contributed by atoms with Crippen LogP contribution in [-0.4, -0.2) is 39.1 Å². The zero-order valence-corrected chi connectivity index (χ0v) is 14.1. The van der Waals surface area contributed by atoms with Gasteiger partial charge in [0.2, 0.25) is 0 Å². The third-order valence-corrected chi connectivity index (χ3v) is 5.24. The van der Waals surface area contributed by atoms with Gasteiger partial charge in [-0.2, -0.15) is 0 Å². The number of rotatable bonds is 5. The quantitative estimate of drug-likeness (QED) is 0.920. The molecule has 4 nitrogen and oxygen atoms in total. The number of aryl methyl sites for hydroxylation is 1. The SMILES string of the molecule is Cc1nccn1Cc1ccc(NC2CC(C)N(C3CC3)C2)cc1. The van der Waals surface area contributed by atoms with Gasteiger partial charge in [-0.05, 0) is 50.8 Å². The summed E-state index contributed by atoms with van der Waals surface area (Å²) >= 11 is 0. The molecule has 0 radical (unpaired) electrons. The number of nitrogens with zero attached hydrogens (tertiary/aromatic N) is 3. The second kappa shape index (κ2) is 6.00. The first-order valence-corrected chi connectivity index (χ1v) is 8.78. The van der Waals surface area contributed by atoms with Gasteiger partial charge < -0.3 is 9.88 Å². The van der Waals surface area contributed by atoms with E-state index in [1.54, 1.807) is 0 Å². The van der Waals surface area contributed by atoms with Crippen molar-refractivity contribution in [2.75, 3.05) is 11.9 Å². The molecule has 122 valence electrons. The molecular weight excluding hydrogens is 284 g/mol. The lowest BCUT2D eigenvalue weighted by molar-refractivity contribution is 0.257. The van der Waals surface area contributed by atoms with E-state index in [1.807, 2.05) is 19.3 Å². The highest BCUT2D eigenvalue weighted by atomic mass is 15.3. The maximum absolute atomic E-state index is 4.28. The molecule has 2 atom stereocenters. The number of aromatic nitrogens is 2. The second-order valence-corrected chi connectivity index (χ2v) is 7.15. The van der Waals surface area contributed by atoms with Crippen LogP contribution in [0, 0.1) is 6.92 Å². The Labute approximate surface area is 138 Å². The van der Waals surface area contributed by atoms with Crippen LogP contribution >= 0.6 is 0 Å². The van der Waals surface area contributed by atoms with Gasteiger partial charge in [0.05, 0.1) is 0 Å². The van der Waals surface area contributed by atoms with Gasteiger partial charge in [0, 0.05) is 49.3 Å². The van der Waals surface area contributed by atoms with Gasteiger partial charge >= 0.3 is 0 Å². The van der Waals surface area contributed by atoms with Crippen LogP contribution in [0.4, 0.5) is 5.69 Å². The molecule has 2 aliphatic rings. The number of benzene rings is 1. The Bertz CT molecular complexity index is 656. The molecule has 2 heterocycles. The van der Waals surface area contributed by atoms with E-state index in [0.29, 0.717) is 6.04 Å². The van der Waals surface area contributed by atoms with Gasteiger partial charge in [-0.3, -0.25) is 4.90 Å². The van der Waals surface area contributed by atoms with Crippen LogP contribution in [0.5, 0.6) is 0 Å². The molecule has 1 saturated carbocycles. The topological polar surface area (TPSA) is 33.1 Å². The molecule has 4 heteroatoms. The summed E-state index contributed by atoms with van der Waals surface area (Å²) in [6.45, 7) is 6.50. The molecule has 1 aliphatic heterocycles. The second-order valence-electron chi connectivity index (χ2n) is 7.15. The van der Waals surface area contributed by atoms with E-state index in [4.69, 9.17) is 0 Å². The number of imidazole rings is 1. The van der Waals surface area contributed by atoms with Gasteiger partial charge in [-0.15, -0.1) is 0 Å². The summed E-state index contributed by atoms with van der Waals surface area (Å²) in [5.41, 5.74) is 2.56. The van der Waals surface area contributed by atoms with Crippen molar-refractivity contribution in [3.63, 3.8) is 0 Å². The summed E-state index contributed by atoms with van der Waals surface area (Å²) in [6, 6.07) is 11.1. The van der Waals surface area contributed by atoms with Crippen LogP contribution < -0.4 is 5.32 Å². The third-order valence-electron chi connectivity index (χ3n) is 5.24. The number of anilines is 1. The summed E-state index contributed by atoms with van der Waals surface area (Å²) in [4.78, 5) is 6.97. The minimum atomic E-state index is 0.590. The molecule has 0 spiro atoms. The number of nitrogens with one attached hydrogen (secondary N) is 1. The number of hydrogen-bond acceptors (Lipinski definition) is 3.